The van der Waals surface area contributed by atoms with Gasteiger partial charge in [0.1, 0.15) is 0 Å². The fourth-order valence-corrected chi connectivity index (χ4v) is 2.21. The zero-order chi connectivity index (χ0) is 9.42. The van der Waals surface area contributed by atoms with Crippen LogP contribution in [0.1, 0.15) is 26.7 Å². The molecular weight excluding hydrogens is 162 g/mol. The first-order valence-electron chi connectivity index (χ1n) is 5.26. The standard InChI is InChI=1S/C11H19NO/c1-8(2)9(3)12-6-10-4-5-11(7-12)13-10/h8,10-11H,3-7H2,1-2H3. The molecule has 0 N–H and O–H groups in total. The van der Waals surface area contributed by atoms with Crippen molar-refractivity contribution < 1.29 is 4.74 Å². The maximum Gasteiger partial charge on any atom is 0.0755 e. The topological polar surface area (TPSA) is 12.5 Å². The molecule has 0 radical (unpaired) electrons. The van der Waals surface area contributed by atoms with Gasteiger partial charge in [-0.25, -0.2) is 0 Å². The molecule has 0 aromatic rings. The number of nitrogens with zero attached hydrogens (tertiary/aromatic N) is 1. The summed E-state index contributed by atoms with van der Waals surface area (Å²) < 4.78 is 5.77. The van der Waals surface area contributed by atoms with Crippen LogP contribution in [-0.4, -0.2) is 30.2 Å². The second-order valence-electron chi connectivity index (χ2n) is 4.51. The minimum absolute atomic E-state index is 0.481. The van der Waals surface area contributed by atoms with Gasteiger partial charge in [-0.1, -0.05) is 20.4 Å². The maximum atomic E-state index is 5.77. The highest BCUT2D eigenvalue weighted by Gasteiger charge is 2.34. The Hall–Kier alpha value is -0.500. The molecule has 2 saturated heterocycles. The van der Waals surface area contributed by atoms with Crippen LogP contribution in [0, 0.1) is 5.92 Å². The predicted molar refractivity (Wildman–Crippen MR) is 53.4 cm³/mol. The number of hydrogen-bond donors (Lipinski definition) is 0. The van der Waals surface area contributed by atoms with E-state index in [1.807, 2.05) is 0 Å². The van der Waals surface area contributed by atoms with Crippen molar-refractivity contribution >= 4 is 0 Å². The monoisotopic (exact) mass is 181 g/mol. The Labute approximate surface area is 80.6 Å². The molecule has 2 aliphatic heterocycles. The van der Waals surface area contributed by atoms with E-state index >= 15 is 0 Å². The molecule has 74 valence electrons. The zero-order valence-corrected chi connectivity index (χ0v) is 8.62. The summed E-state index contributed by atoms with van der Waals surface area (Å²) in [4.78, 5) is 2.41. The fraction of sp³-hybridized carbons (Fsp3) is 0.818. The van der Waals surface area contributed by atoms with Crippen molar-refractivity contribution in [2.75, 3.05) is 13.1 Å². The highest BCUT2D eigenvalue weighted by atomic mass is 16.5. The second-order valence-corrected chi connectivity index (χ2v) is 4.51. The molecule has 0 spiro atoms. The molecule has 13 heavy (non-hydrogen) atoms. The summed E-state index contributed by atoms with van der Waals surface area (Å²) in [7, 11) is 0. The minimum Gasteiger partial charge on any atom is -0.371 e. The first-order chi connectivity index (χ1) is 6.16. The predicted octanol–water partition coefficient (Wildman–Crippen LogP) is 2.02. The molecule has 2 heteroatoms. The number of likely N-dealkylation sites (tertiary alicyclic amines) is 1. The van der Waals surface area contributed by atoms with Crippen LogP contribution in [-0.2, 0) is 4.74 Å². The number of hydrogen-bond acceptors (Lipinski definition) is 2. The molecule has 0 saturated carbocycles. The lowest BCUT2D eigenvalue weighted by Crippen LogP contribution is -2.42. The number of rotatable bonds is 2. The average molecular weight is 181 g/mol. The van der Waals surface area contributed by atoms with Crippen LogP contribution in [0.25, 0.3) is 0 Å². The summed E-state index contributed by atoms with van der Waals surface area (Å²) in [6, 6.07) is 0. The molecular formula is C11H19NO. The van der Waals surface area contributed by atoms with Gasteiger partial charge in [0.15, 0.2) is 0 Å². The number of allylic oxidation sites excluding steroid dienone is 1. The Bertz CT molecular complexity index is 200. The highest BCUT2D eigenvalue weighted by Crippen LogP contribution is 2.29. The third-order valence-corrected chi connectivity index (χ3v) is 3.12. The van der Waals surface area contributed by atoms with Crippen LogP contribution in [0.4, 0.5) is 0 Å². The van der Waals surface area contributed by atoms with E-state index in [1.54, 1.807) is 0 Å². The van der Waals surface area contributed by atoms with E-state index in [2.05, 4.69) is 25.3 Å². The lowest BCUT2D eigenvalue weighted by molar-refractivity contribution is -0.0290. The second kappa shape index (κ2) is 3.33. The van der Waals surface area contributed by atoms with Gasteiger partial charge in [0.2, 0.25) is 0 Å². The lowest BCUT2D eigenvalue weighted by atomic mass is 10.1. The van der Waals surface area contributed by atoms with Crippen molar-refractivity contribution in [3.63, 3.8) is 0 Å². The van der Waals surface area contributed by atoms with Crippen LogP contribution < -0.4 is 0 Å². The van der Waals surface area contributed by atoms with Crippen LogP contribution >= 0.6 is 0 Å². The van der Waals surface area contributed by atoms with Gasteiger partial charge in [-0.3, -0.25) is 0 Å². The fourth-order valence-electron chi connectivity index (χ4n) is 2.21. The van der Waals surface area contributed by atoms with Crippen molar-refractivity contribution in [3.05, 3.63) is 12.3 Å². The van der Waals surface area contributed by atoms with E-state index < -0.39 is 0 Å². The summed E-state index contributed by atoms with van der Waals surface area (Å²) in [5.41, 5.74) is 1.28. The Balaban J connectivity index is 1.98. The van der Waals surface area contributed by atoms with Crippen molar-refractivity contribution in [3.8, 4) is 0 Å². The maximum absolute atomic E-state index is 5.77. The summed E-state index contributed by atoms with van der Waals surface area (Å²) in [6.07, 6.45) is 3.45. The molecule has 2 fully saturated rings. The average Bonchev–Trinajstić information content (AvgIpc) is 2.44. The van der Waals surface area contributed by atoms with Gasteiger partial charge in [0.25, 0.3) is 0 Å². The smallest absolute Gasteiger partial charge is 0.0755 e. The van der Waals surface area contributed by atoms with Gasteiger partial charge in [-0.2, -0.15) is 0 Å². The van der Waals surface area contributed by atoms with Gasteiger partial charge in [-0.15, -0.1) is 0 Å². The zero-order valence-electron chi connectivity index (χ0n) is 8.62. The molecule has 2 rings (SSSR count). The molecule has 0 aromatic carbocycles. The van der Waals surface area contributed by atoms with E-state index in [9.17, 15) is 0 Å². The Kier molecular flexibility index (Phi) is 2.33. The molecule has 2 atom stereocenters. The first-order valence-corrected chi connectivity index (χ1v) is 5.26. The molecule has 0 aromatic heterocycles. The van der Waals surface area contributed by atoms with E-state index in [-0.39, 0.29) is 0 Å². The highest BCUT2D eigenvalue weighted by molar-refractivity contribution is 5.01. The summed E-state index contributed by atoms with van der Waals surface area (Å²) >= 11 is 0. The molecule has 2 bridgehead atoms. The van der Waals surface area contributed by atoms with E-state index in [0.29, 0.717) is 18.1 Å². The third-order valence-electron chi connectivity index (χ3n) is 3.12. The Morgan fingerprint density at radius 2 is 1.85 bits per heavy atom. The molecule has 2 unspecified atom stereocenters. The largest absolute Gasteiger partial charge is 0.371 e. The van der Waals surface area contributed by atoms with Gasteiger partial charge in [0.05, 0.1) is 12.2 Å². The molecule has 2 heterocycles. The van der Waals surface area contributed by atoms with Gasteiger partial charge >= 0.3 is 0 Å². The summed E-state index contributed by atoms with van der Waals surface area (Å²) in [6.45, 7) is 10.7. The van der Waals surface area contributed by atoms with Crippen LogP contribution in [0.5, 0.6) is 0 Å². The number of ether oxygens (including phenoxy) is 1. The van der Waals surface area contributed by atoms with Gasteiger partial charge in [-0.05, 0) is 18.8 Å². The van der Waals surface area contributed by atoms with E-state index in [4.69, 9.17) is 4.74 Å². The SMILES string of the molecule is C=C(C(C)C)N1CC2CCC(C1)O2. The van der Waals surface area contributed by atoms with E-state index in [1.165, 1.54) is 18.5 Å². The van der Waals surface area contributed by atoms with Crippen molar-refractivity contribution in [2.45, 2.75) is 38.9 Å². The van der Waals surface area contributed by atoms with Crippen LogP contribution in [0.2, 0.25) is 0 Å². The Morgan fingerprint density at radius 3 is 2.31 bits per heavy atom. The summed E-state index contributed by atoms with van der Waals surface area (Å²) in [5, 5.41) is 0. The molecule has 2 aliphatic rings. The van der Waals surface area contributed by atoms with Crippen LogP contribution in [0.15, 0.2) is 12.3 Å². The van der Waals surface area contributed by atoms with Crippen LogP contribution in [0.3, 0.4) is 0 Å². The summed E-state index contributed by atoms with van der Waals surface area (Å²) in [5.74, 6) is 0.567. The number of fused-ring (bicyclic) bond motifs is 2. The lowest BCUT2D eigenvalue weighted by Gasteiger charge is -2.36. The third kappa shape index (κ3) is 1.73. The Morgan fingerprint density at radius 1 is 1.31 bits per heavy atom. The van der Waals surface area contributed by atoms with Crippen molar-refractivity contribution in [1.82, 2.24) is 4.90 Å². The van der Waals surface area contributed by atoms with Crippen molar-refractivity contribution in [2.24, 2.45) is 5.92 Å². The molecule has 0 amide bonds. The normalized spacial score (nSPS) is 32.7. The van der Waals surface area contributed by atoms with Crippen molar-refractivity contribution in [1.29, 1.82) is 0 Å². The van der Waals surface area contributed by atoms with E-state index in [0.717, 1.165) is 13.1 Å². The molecule has 2 nitrogen and oxygen atoms in total. The van der Waals surface area contributed by atoms with Gasteiger partial charge in [0, 0.05) is 18.8 Å². The molecule has 0 aliphatic carbocycles. The number of morpholine rings is 1. The minimum atomic E-state index is 0.481. The van der Waals surface area contributed by atoms with Gasteiger partial charge < -0.3 is 9.64 Å². The first kappa shape index (κ1) is 9.07. The quantitative estimate of drug-likeness (QED) is 0.646.